The minimum Gasteiger partial charge on any atom is -0.458 e. The summed E-state index contributed by atoms with van der Waals surface area (Å²) in [6, 6.07) is 100. The van der Waals surface area contributed by atoms with Crippen molar-refractivity contribution in [1.29, 1.82) is 0 Å². The van der Waals surface area contributed by atoms with Gasteiger partial charge in [0, 0.05) is 40.0 Å². The molecule has 0 aromatic heterocycles. The first-order valence-electron chi connectivity index (χ1n) is 28.7. The average molecular weight is 1060 g/mol. The maximum absolute atomic E-state index is 7.61. The molecule has 4 heterocycles. The third-order valence-electron chi connectivity index (χ3n) is 18.3. The van der Waals surface area contributed by atoms with E-state index in [0.29, 0.717) is 5.92 Å². The van der Waals surface area contributed by atoms with Crippen LogP contribution in [0.4, 0.5) is 34.1 Å². The maximum atomic E-state index is 7.61. The highest BCUT2D eigenvalue weighted by molar-refractivity contribution is 7.22. The molecule has 0 saturated heterocycles. The van der Waals surface area contributed by atoms with Crippen LogP contribution < -0.4 is 72.4 Å². The molecular formula is C74H61BN2OSi2. The van der Waals surface area contributed by atoms with Crippen LogP contribution in [0.5, 0.6) is 11.5 Å². The molecule has 384 valence electrons. The SMILES string of the molecule is CC(C)c1cc(C(C)C)c2c(c1)C(C)c1ccc3c(c1)N(c1ccccc1[Si]3(c1ccccc1)c1ccccc1)c1cccc3c1B2c1c(cccc1N1c2ccccc2[Si](c2ccccc2)(c2ccccc2)c2ccccc21)O3. The Hall–Kier alpha value is -8.68. The topological polar surface area (TPSA) is 15.7 Å². The molecule has 0 fully saturated rings. The molecule has 4 aliphatic heterocycles. The summed E-state index contributed by atoms with van der Waals surface area (Å²) in [7, 11) is -5.87. The zero-order valence-corrected chi connectivity index (χ0v) is 47.9. The van der Waals surface area contributed by atoms with Crippen LogP contribution in [-0.2, 0) is 0 Å². The van der Waals surface area contributed by atoms with Crippen molar-refractivity contribution in [2.45, 2.75) is 52.4 Å². The predicted octanol–water partition coefficient (Wildman–Crippen LogP) is 11.3. The number of benzene rings is 11. The Labute approximate surface area is 473 Å². The zero-order valence-electron chi connectivity index (χ0n) is 45.9. The Morgan fingerprint density at radius 1 is 0.362 bits per heavy atom. The van der Waals surface area contributed by atoms with E-state index in [1.54, 1.807) is 0 Å². The molecule has 0 spiro atoms. The van der Waals surface area contributed by atoms with E-state index in [2.05, 4.69) is 305 Å². The van der Waals surface area contributed by atoms with Gasteiger partial charge < -0.3 is 14.5 Å². The van der Waals surface area contributed by atoms with Crippen molar-refractivity contribution in [3.8, 4) is 11.5 Å². The van der Waals surface area contributed by atoms with Crippen molar-refractivity contribution in [2.24, 2.45) is 0 Å². The highest BCUT2D eigenvalue weighted by Crippen LogP contribution is 2.46. The molecular weight excluding hydrogens is 1000 g/mol. The van der Waals surface area contributed by atoms with Crippen LogP contribution in [0.15, 0.2) is 261 Å². The smallest absolute Gasteiger partial charge is 0.257 e. The normalized spacial score (nSPS) is 15.6. The lowest BCUT2D eigenvalue weighted by atomic mass is 9.33. The quantitative estimate of drug-likeness (QED) is 0.148. The zero-order chi connectivity index (χ0) is 53.9. The van der Waals surface area contributed by atoms with Crippen LogP contribution in [0.3, 0.4) is 0 Å². The Morgan fingerprint density at radius 3 is 1.18 bits per heavy atom. The van der Waals surface area contributed by atoms with Crippen LogP contribution in [-0.4, -0.2) is 22.9 Å². The van der Waals surface area contributed by atoms with Gasteiger partial charge in [0.15, 0.2) is 16.1 Å². The van der Waals surface area contributed by atoms with Crippen molar-refractivity contribution in [2.75, 3.05) is 9.80 Å². The van der Waals surface area contributed by atoms with E-state index in [0.717, 1.165) is 22.9 Å². The van der Waals surface area contributed by atoms with Crippen LogP contribution in [0.25, 0.3) is 0 Å². The van der Waals surface area contributed by atoms with E-state index in [-0.39, 0.29) is 18.5 Å². The summed E-state index contributed by atoms with van der Waals surface area (Å²) < 4.78 is 7.61. The van der Waals surface area contributed by atoms with Gasteiger partial charge in [-0.05, 0) is 135 Å². The fourth-order valence-corrected chi connectivity index (χ4v) is 25.0. The van der Waals surface area contributed by atoms with Gasteiger partial charge in [0.05, 0.1) is 0 Å². The summed E-state index contributed by atoms with van der Waals surface area (Å²) in [5.74, 6) is 2.39. The predicted molar refractivity (Wildman–Crippen MR) is 343 cm³/mol. The third-order valence-corrected chi connectivity index (χ3v) is 28.0. The van der Waals surface area contributed by atoms with Crippen molar-refractivity contribution >= 4 is 115 Å². The van der Waals surface area contributed by atoms with E-state index < -0.39 is 16.1 Å². The fourth-order valence-electron chi connectivity index (χ4n) is 14.8. The number of hydrogen-bond donors (Lipinski definition) is 0. The van der Waals surface area contributed by atoms with E-state index in [1.807, 2.05) is 0 Å². The second-order valence-electron chi connectivity index (χ2n) is 23.0. The number of hydrogen-bond acceptors (Lipinski definition) is 3. The van der Waals surface area contributed by atoms with Crippen LogP contribution in [0.1, 0.15) is 74.6 Å². The Kier molecular flexibility index (Phi) is 11.3. The minimum absolute atomic E-state index is 0.0435. The summed E-state index contributed by atoms with van der Waals surface area (Å²) in [5.41, 5.74) is 16.4. The molecule has 0 aliphatic carbocycles. The summed E-state index contributed by atoms with van der Waals surface area (Å²) >= 11 is 0. The molecule has 6 heteroatoms. The lowest BCUT2D eigenvalue weighted by Crippen LogP contribution is -2.77. The molecule has 2 bridgehead atoms. The number of para-hydroxylation sites is 3. The van der Waals surface area contributed by atoms with E-state index in [1.165, 1.54) is 103 Å². The first-order chi connectivity index (χ1) is 39.3. The molecule has 80 heavy (non-hydrogen) atoms. The molecule has 0 N–H and O–H groups in total. The van der Waals surface area contributed by atoms with Crippen LogP contribution >= 0.6 is 0 Å². The van der Waals surface area contributed by atoms with Gasteiger partial charge in [-0.2, -0.15) is 0 Å². The van der Waals surface area contributed by atoms with E-state index >= 15 is 0 Å². The largest absolute Gasteiger partial charge is 0.458 e. The van der Waals surface area contributed by atoms with Gasteiger partial charge in [0.2, 0.25) is 0 Å². The molecule has 3 nitrogen and oxygen atoms in total. The maximum Gasteiger partial charge on any atom is 0.257 e. The molecule has 4 aliphatic rings. The molecule has 11 aromatic carbocycles. The lowest BCUT2D eigenvalue weighted by molar-refractivity contribution is 0.487. The summed E-state index contributed by atoms with van der Waals surface area (Å²) in [6.07, 6.45) is 0. The monoisotopic (exact) mass is 1060 g/mol. The van der Waals surface area contributed by atoms with Gasteiger partial charge in [-0.25, -0.2) is 0 Å². The molecule has 0 amide bonds. The van der Waals surface area contributed by atoms with Gasteiger partial charge in [-0.3, -0.25) is 0 Å². The molecule has 1 atom stereocenters. The fraction of sp³-hybridized carbons (Fsp3) is 0.108. The number of rotatable bonds is 7. The summed E-state index contributed by atoms with van der Waals surface area (Å²) in [6.45, 7) is 11.8. The van der Waals surface area contributed by atoms with Gasteiger partial charge >= 0.3 is 0 Å². The summed E-state index contributed by atoms with van der Waals surface area (Å²) in [5, 5.41) is 11.0. The third kappa shape index (κ3) is 6.85. The van der Waals surface area contributed by atoms with Crippen LogP contribution in [0.2, 0.25) is 0 Å². The number of nitrogens with zero attached hydrogens (tertiary/aromatic N) is 2. The number of ether oxygens (including phenoxy) is 1. The number of fused-ring (bicyclic) bond motifs is 10. The van der Waals surface area contributed by atoms with Gasteiger partial charge in [-0.1, -0.05) is 252 Å². The first-order valence-corrected chi connectivity index (χ1v) is 32.7. The Morgan fingerprint density at radius 2 is 0.750 bits per heavy atom. The lowest BCUT2D eigenvalue weighted by Gasteiger charge is -2.47. The van der Waals surface area contributed by atoms with Gasteiger partial charge in [0.25, 0.3) is 6.71 Å². The Bertz CT molecular complexity index is 4090. The molecule has 0 radical (unpaired) electrons. The van der Waals surface area contributed by atoms with Gasteiger partial charge in [-0.15, -0.1) is 0 Å². The molecule has 1 unspecified atom stereocenters. The van der Waals surface area contributed by atoms with Crippen LogP contribution in [0, 0.1) is 0 Å². The highest BCUT2D eigenvalue weighted by atomic mass is 28.3. The van der Waals surface area contributed by atoms with Crippen molar-refractivity contribution in [3.05, 3.63) is 283 Å². The van der Waals surface area contributed by atoms with Crippen molar-refractivity contribution in [3.63, 3.8) is 0 Å². The highest BCUT2D eigenvalue weighted by Gasteiger charge is 2.53. The van der Waals surface area contributed by atoms with Gasteiger partial charge in [0.1, 0.15) is 11.5 Å². The second-order valence-corrected chi connectivity index (χ2v) is 30.5. The average Bonchev–Trinajstić information content (AvgIpc) is 3.70. The molecule has 15 rings (SSSR count). The second kappa shape index (κ2) is 18.7. The molecule has 11 aromatic rings. The van der Waals surface area contributed by atoms with Crippen molar-refractivity contribution in [1.82, 2.24) is 0 Å². The Balaban J connectivity index is 1.07. The number of anilines is 6. The first kappa shape index (κ1) is 48.4. The minimum atomic E-state index is -2.96. The standard InChI is InChI=1S/C74H61BN2OSi2/c1-49(2)53-46-58(50(3)4)72-59(47-53)51(5)52-44-45-71-65(48-52)77(62-36-20-23-43-70(62)80(71,56-30-14-8-15-31-56)57-32-16-9-17-33-57)64-38-25-40-67-74(64)75(72)73-63(37-24-39-66(73)78-67)76-60-34-18-21-41-68(60)79(54-26-10-6-11-27-54,55-28-12-7-13-29-55)69-42-22-19-35-61(69)76/h6-51H,1-5H3. The van der Waals surface area contributed by atoms with E-state index in [9.17, 15) is 0 Å². The van der Waals surface area contributed by atoms with Crippen molar-refractivity contribution < 1.29 is 4.74 Å². The molecule has 0 saturated carbocycles. The summed E-state index contributed by atoms with van der Waals surface area (Å²) in [4.78, 5) is 5.27. The van der Waals surface area contributed by atoms with E-state index in [4.69, 9.17) is 4.74 Å².